The van der Waals surface area contributed by atoms with Crippen molar-refractivity contribution in [1.82, 2.24) is 19.9 Å². The van der Waals surface area contributed by atoms with Gasteiger partial charge in [0.15, 0.2) is 0 Å². The third-order valence-corrected chi connectivity index (χ3v) is 6.32. The van der Waals surface area contributed by atoms with E-state index < -0.39 is 11.8 Å². The van der Waals surface area contributed by atoms with E-state index in [4.69, 9.17) is 16.3 Å². The maximum Gasteiger partial charge on any atom is 0.352 e. The molecular weight excluding hydrogens is 491 g/mol. The average molecular weight is 513 g/mol. The summed E-state index contributed by atoms with van der Waals surface area (Å²) in [6, 6.07) is 5.66. The molecule has 0 bridgehead atoms. The van der Waals surface area contributed by atoms with E-state index >= 15 is 0 Å². The molecule has 0 atom stereocenters. The van der Waals surface area contributed by atoms with Crippen molar-refractivity contribution in [2.24, 2.45) is 0 Å². The number of hydrogen-bond donors (Lipinski definition) is 3. The molecule has 36 heavy (non-hydrogen) atoms. The Bertz CT molecular complexity index is 1380. The summed E-state index contributed by atoms with van der Waals surface area (Å²) in [6.07, 6.45) is 2.95. The number of carboxylic acids is 1. The molecule has 3 aromatic rings. The van der Waals surface area contributed by atoms with Gasteiger partial charge in [0, 0.05) is 24.5 Å². The Morgan fingerprint density at radius 1 is 1.31 bits per heavy atom. The van der Waals surface area contributed by atoms with Crippen molar-refractivity contribution in [2.75, 3.05) is 43.2 Å². The fraction of sp³-hybridized carbons (Fsp3) is 0.250. The van der Waals surface area contributed by atoms with E-state index in [1.54, 1.807) is 17.9 Å². The Morgan fingerprint density at radius 3 is 2.78 bits per heavy atom. The smallest absolute Gasteiger partial charge is 0.352 e. The summed E-state index contributed by atoms with van der Waals surface area (Å²) >= 11 is 5.94. The van der Waals surface area contributed by atoms with Crippen LogP contribution in [-0.2, 0) is 9.53 Å². The number of aromatic amines is 1. The van der Waals surface area contributed by atoms with E-state index in [0.717, 1.165) is 0 Å². The second-order valence-corrected chi connectivity index (χ2v) is 8.83. The molecule has 2 aromatic heterocycles. The van der Waals surface area contributed by atoms with Crippen LogP contribution in [0.4, 0.5) is 21.7 Å². The van der Waals surface area contributed by atoms with Crippen LogP contribution >= 0.6 is 11.6 Å². The van der Waals surface area contributed by atoms with Crippen LogP contribution < -0.4 is 10.2 Å². The number of aromatic carboxylic acids is 1. The molecule has 1 fully saturated rings. The number of fused-ring (bicyclic) bond motifs is 1. The van der Waals surface area contributed by atoms with Crippen molar-refractivity contribution in [3.8, 4) is 0 Å². The number of ether oxygens (including phenoxy) is 1. The molecule has 0 radical (unpaired) electrons. The highest BCUT2D eigenvalue weighted by molar-refractivity contribution is 6.36. The van der Waals surface area contributed by atoms with Gasteiger partial charge in [0.1, 0.15) is 29.5 Å². The van der Waals surface area contributed by atoms with Gasteiger partial charge < -0.3 is 20.1 Å². The standard InChI is InChI=1S/C24H22ClFN6O4/c1-13-8-19(24(34)35)30-18(13)10-15-20-21(29-14-2-3-17(26)16(25)9-14)27-11-28-22(20)32(23(15)33)12-31-4-6-36-7-5-31/h2-3,8-11,30H,4-7,12H2,1H3,(H,34,35)(H,27,28,29). The molecule has 0 aliphatic carbocycles. The summed E-state index contributed by atoms with van der Waals surface area (Å²) < 4.78 is 19.1. The Labute approximate surface area is 210 Å². The number of carbonyl (C=O) groups is 2. The van der Waals surface area contributed by atoms with E-state index in [0.29, 0.717) is 67.1 Å². The summed E-state index contributed by atoms with van der Waals surface area (Å²) in [7, 11) is 0. The molecule has 3 N–H and O–H groups in total. The fourth-order valence-corrected chi connectivity index (χ4v) is 4.35. The molecule has 12 heteroatoms. The summed E-state index contributed by atoms with van der Waals surface area (Å²) in [5.41, 5.74) is 2.37. The number of rotatable bonds is 6. The minimum atomic E-state index is -1.10. The van der Waals surface area contributed by atoms with Gasteiger partial charge in [0.05, 0.1) is 36.0 Å². The summed E-state index contributed by atoms with van der Waals surface area (Å²) in [5, 5.41) is 12.4. The first-order valence-corrected chi connectivity index (χ1v) is 11.5. The van der Waals surface area contributed by atoms with Gasteiger partial charge in [0.2, 0.25) is 0 Å². The van der Waals surface area contributed by atoms with Crippen molar-refractivity contribution >= 4 is 52.4 Å². The quantitative estimate of drug-likeness (QED) is 0.429. The van der Waals surface area contributed by atoms with Crippen LogP contribution in [0.1, 0.15) is 27.3 Å². The van der Waals surface area contributed by atoms with Gasteiger partial charge in [-0.05, 0) is 42.8 Å². The molecular formula is C24H22ClFN6O4. The summed E-state index contributed by atoms with van der Waals surface area (Å²) in [5.74, 6) is -1.23. The van der Waals surface area contributed by atoms with Crippen LogP contribution in [0.3, 0.4) is 0 Å². The SMILES string of the molecule is Cc1cc(C(=O)O)[nH]c1C=C1C(=O)N(CN2CCOCC2)c2ncnc(Nc3ccc(F)c(Cl)c3)c21. The third-order valence-electron chi connectivity index (χ3n) is 6.03. The number of benzene rings is 1. The molecule has 0 unspecified atom stereocenters. The van der Waals surface area contributed by atoms with E-state index in [9.17, 15) is 19.1 Å². The minimum Gasteiger partial charge on any atom is -0.477 e. The summed E-state index contributed by atoms with van der Waals surface area (Å²) in [6.45, 7) is 4.52. The van der Waals surface area contributed by atoms with E-state index in [1.807, 2.05) is 0 Å². The van der Waals surface area contributed by atoms with Gasteiger partial charge in [-0.1, -0.05) is 11.6 Å². The molecule has 1 saturated heterocycles. The Hall–Kier alpha value is -3.80. The first kappa shape index (κ1) is 23.9. The second kappa shape index (κ2) is 9.69. The van der Waals surface area contributed by atoms with Crippen LogP contribution in [0.5, 0.6) is 0 Å². The molecule has 1 amide bonds. The monoisotopic (exact) mass is 512 g/mol. The minimum absolute atomic E-state index is 0.0128. The lowest BCUT2D eigenvalue weighted by atomic mass is 10.1. The van der Waals surface area contributed by atoms with E-state index in [-0.39, 0.29) is 22.2 Å². The zero-order valence-electron chi connectivity index (χ0n) is 19.2. The molecule has 10 nitrogen and oxygen atoms in total. The second-order valence-electron chi connectivity index (χ2n) is 8.42. The van der Waals surface area contributed by atoms with Crippen LogP contribution in [-0.4, -0.2) is 69.8 Å². The van der Waals surface area contributed by atoms with Crippen molar-refractivity contribution in [3.63, 3.8) is 0 Å². The first-order chi connectivity index (χ1) is 17.3. The number of amides is 1. The highest BCUT2D eigenvalue weighted by atomic mass is 35.5. The van der Waals surface area contributed by atoms with Crippen LogP contribution in [0, 0.1) is 12.7 Å². The zero-order chi connectivity index (χ0) is 25.4. The number of anilines is 3. The number of aromatic nitrogens is 3. The lowest BCUT2D eigenvalue weighted by molar-refractivity contribution is -0.113. The van der Waals surface area contributed by atoms with Gasteiger partial charge in [-0.3, -0.25) is 14.6 Å². The number of hydrogen-bond acceptors (Lipinski definition) is 7. The predicted molar refractivity (Wildman–Crippen MR) is 132 cm³/mol. The molecule has 2 aliphatic rings. The largest absolute Gasteiger partial charge is 0.477 e. The normalized spacial score (nSPS) is 17.0. The topological polar surface area (TPSA) is 124 Å². The molecule has 1 aromatic carbocycles. The fourth-order valence-electron chi connectivity index (χ4n) is 4.17. The molecule has 0 spiro atoms. The van der Waals surface area contributed by atoms with Crippen LogP contribution in [0.15, 0.2) is 30.6 Å². The summed E-state index contributed by atoms with van der Waals surface area (Å²) in [4.78, 5) is 40.4. The molecule has 2 aliphatic heterocycles. The number of morpholine rings is 1. The van der Waals surface area contributed by atoms with E-state index in [1.165, 1.54) is 30.6 Å². The number of carboxylic acid groups (broad SMARTS) is 1. The Balaban J connectivity index is 1.59. The van der Waals surface area contributed by atoms with Gasteiger partial charge >= 0.3 is 5.97 Å². The van der Waals surface area contributed by atoms with Crippen molar-refractivity contribution in [3.05, 3.63) is 63.9 Å². The predicted octanol–water partition coefficient (Wildman–Crippen LogP) is 3.52. The molecule has 5 rings (SSSR count). The number of aryl methyl sites for hydroxylation is 1. The number of nitrogens with one attached hydrogen (secondary N) is 2. The number of H-pyrrole nitrogens is 1. The van der Waals surface area contributed by atoms with Crippen molar-refractivity contribution in [1.29, 1.82) is 0 Å². The lowest BCUT2D eigenvalue weighted by Crippen LogP contribution is -2.45. The van der Waals surface area contributed by atoms with E-state index in [2.05, 4.69) is 25.2 Å². The van der Waals surface area contributed by atoms with Crippen molar-refractivity contribution in [2.45, 2.75) is 6.92 Å². The highest BCUT2D eigenvalue weighted by Gasteiger charge is 2.38. The molecule has 0 saturated carbocycles. The molecule has 4 heterocycles. The van der Waals surface area contributed by atoms with Gasteiger partial charge in [-0.2, -0.15) is 0 Å². The third kappa shape index (κ3) is 4.55. The van der Waals surface area contributed by atoms with Crippen molar-refractivity contribution < 1.29 is 23.8 Å². The maximum atomic E-state index is 13.7. The first-order valence-electron chi connectivity index (χ1n) is 11.2. The number of nitrogens with zero attached hydrogens (tertiary/aromatic N) is 4. The Kier molecular flexibility index (Phi) is 6.44. The van der Waals surface area contributed by atoms with Gasteiger partial charge in [-0.25, -0.2) is 19.2 Å². The lowest BCUT2D eigenvalue weighted by Gasteiger charge is -2.30. The van der Waals surface area contributed by atoms with Crippen LogP contribution in [0.25, 0.3) is 11.6 Å². The maximum absolute atomic E-state index is 13.7. The number of carbonyl (C=O) groups excluding carboxylic acids is 1. The zero-order valence-corrected chi connectivity index (χ0v) is 20.0. The average Bonchev–Trinajstić information content (AvgIpc) is 3.36. The van der Waals surface area contributed by atoms with Gasteiger partial charge in [0.25, 0.3) is 5.91 Å². The molecule has 186 valence electrons. The highest BCUT2D eigenvalue weighted by Crippen LogP contribution is 2.41. The number of halogens is 2. The van der Waals surface area contributed by atoms with Gasteiger partial charge in [-0.15, -0.1) is 0 Å². The van der Waals surface area contributed by atoms with Crippen LogP contribution in [0.2, 0.25) is 5.02 Å². The Morgan fingerprint density at radius 2 is 2.08 bits per heavy atom.